The molecule has 0 aromatic heterocycles. The van der Waals surface area contributed by atoms with Gasteiger partial charge >= 0.3 is 0 Å². The molecule has 0 atom stereocenters. The van der Waals surface area contributed by atoms with Gasteiger partial charge in [-0.25, -0.2) is 0 Å². The minimum absolute atomic E-state index is 0.193. The van der Waals surface area contributed by atoms with Gasteiger partial charge in [-0.3, -0.25) is 0 Å². The number of hydrogen-bond donors (Lipinski definition) is 2. The molecule has 112 valence electrons. The van der Waals surface area contributed by atoms with E-state index in [4.69, 9.17) is 5.73 Å². The molecule has 0 heterocycles. The molecule has 0 radical (unpaired) electrons. The molecule has 1 aliphatic rings. The second kappa shape index (κ2) is 7.24. The summed E-state index contributed by atoms with van der Waals surface area (Å²) in [6.07, 6.45) is 7.64. The predicted molar refractivity (Wildman–Crippen MR) is 87.0 cm³/mol. The van der Waals surface area contributed by atoms with Crippen molar-refractivity contribution in [1.29, 1.82) is 0 Å². The zero-order valence-corrected chi connectivity index (χ0v) is 13.1. The lowest BCUT2D eigenvalue weighted by molar-refractivity contribution is 0.233. The zero-order valence-electron chi connectivity index (χ0n) is 13.1. The number of benzene rings is 1. The van der Waals surface area contributed by atoms with Crippen LogP contribution in [-0.4, -0.2) is 13.1 Å². The van der Waals surface area contributed by atoms with Gasteiger partial charge in [0.15, 0.2) is 0 Å². The highest BCUT2D eigenvalue weighted by Crippen LogP contribution is 2.38. The second-order valence-electron chi connectivity index (χ2n) is 6.49. The third-order valence-electron chi connectivity index (χ3n) is 4.66. The summed E-state index contributed by atoms with van der Waals surface area (Å²) in [7, 11) is 0. The SMILES string of the molecule is CC(C)c1cccc(C2(NCCCN)CCCCC2)c1. The van der Waals surface area contributed by atoms with Crippen molar-refractivity contribution in [3.63, 3.8) is 0 Å². The van der Waals surface area contributed by atoms with Crippen LogP contribution in [-0.2, 0) is 5.54 Å². The molecule has 0 spiro atoms. The van der Waals surface area contributed by atoms with E-state index in [-0.39, 0.29) is 5.54 Å². The molecule has 2 heteroatoms. The Balaban J connectivity index is 2.23. The fraction of sp³-hybridized carbons (Fsp3) is 0.667. The van der Waals surface area contributed by atoms with E-state index in [0.717, 1.165) is 19.5 Å². The van der Waals surface area contributed by atoms with Gasteiger partial charge in [0.2, 0.25) is 0 Å². The van der Waals surface area contributed by atoms with Gasteiger partial charge in [-0.2, -0.15) is 0 Å². The van der Waals surface area contributed by atoms with Crippen LogP contribution in [0.5, 0.6) is 0 Å². The first-order chi connectivity index (χ1) is 9.68. The van der Waals surface area contributed by atoms with Gasteiger partial charge in [0.25, 0.3) is 0 Å². The van der Waals surface area contributed by atoms with Gasteiger partial charge < -0.3 is 11.1 Å². The Kier molecular flexibility index (Phi) is 5.62. The molecule has 0 bridgehead atoms. The van der Waals surface area contributed by atoms with Gasteiger partial charge in [0, 0.05) is 5.54 Å². The van der Waals surface area contributed by atoms with Crippen LogP contribution in [0.3, 0.4) is 0 Å². The molecular formula is C18H30N2. The molecule has 0 aliphatic heterocycles. The van der Waals surface area contributed by atoms with E-state index in [0.29, 0.717) is 5.92 Å². The lowest BCUT2D eigenvalue weighted by atomic mass is 9.75. The van der Waals surface area contributed by atoms with E-state index in [1.165, 1.54) is 43.2 Å². The molecular weight excluding hydrogens is 244 g/mol. The zero-order chi connectivity index (χ0) is 14.4. The Bertz CT molecular complexity index is 406. The molecule has 1 saturated carbocycles. The first-order valence-corrected chi connectivity index (χ1v) is 8.23. The molecule has 0 unspecified atom stereocenters. The van der Waals surface area contributed by atoms with Crippen LogP contribution >= 0.6 is 0 Å². The standard InChI is InChI=1S/C18H30N2/c1-15(2)16-8-6-9-17(14-16)18(20-13-7-12-19)10-4-3-5-11-18/h6,8-9,14-15,20H,3-5,7,10-13,19H2,1-2H3. The van der Waals surface area contributed by atoms with Crippen molar-refractivity contribution in [3.05, 3.63) is 35.4 Å². The van der Waals surface area contributed by atoms with Crippen LogP contribution in [0.4, 0.5) is 0 Å². The maximum atomic E-state index is 5.65. The van der Waals surface area contributed by atoms with Gasteiger partial charge in [-0.15, -0.1) is 0 Å². The number of rotatable bonds is 6. The highest BCUT2D eigenvalue weighted by Gasteiger charge is 2.33. The minimum Gasteiger partial charge on any atom is -0.330 e. The fourth-order valence-corrected chi connectivity index (χ4v) is 3.35. The van der Waals surface area contributed by atoms with Gasteiger partial charge in [-0.1, -0.05) is 57.4 Å². The maximum Gasteiger partial charge on any atom is 0.0434 e. The van der Waals surface area contributed by atoms with Gasteiger partial charge in [-0.05, 0) is 49.4 Å². The van der Waals surface area contributed by atoms with E-state index >= 15 is 0 Å². The molecule has 1 aromatic carbocycles. The molecule has 1 aliphatic carbocycles. The van der Waals surface area contributed by atoms with Crippen LogP contribution in [0.15, 0.2) is 24.3 Å². The maximum absolute atomic E-state index is 5.65. The second-order valence-corrected chi connectivity index (χ2v) is 6.49. The molecule has 20 heavy (non-hydrogen) atoms. The highest BCUT2D eigenvalue weighted by molar-refractivity contribution is 5.31. The fourth-order valence-electron chi connectivity index (χ4n) is 3.35. The highest BCUT2D eigenvalue weighted by atomic mass is 15.0. The quantitative estimate of drug-likeness (QED) is 0.772. The minimum atomic E-state index is 0.193. The predicted octanol–water partition coefficient (Wildman–Crippen LogP) is 3.91. The Morgan fingerprint density at radius 3 is 2.60 bits per heavy atom. The number of nitrogens with one attached hydrogen (secondary N) is 1. The third-order valence-corrected chi connectivity index (χ3v) is 4.66. The summed E-state index contributed by atoms with van der Waals surface area (Å²) in [5.41, 5.74) is 8.78. The van der Waals surface area contributed by atoms with Gasteiger partial charge in [0.05, 0.1) is 0 Å². The van der Waals surface area contributed by atoms with E-state index in [1.54, 1.807) is 0 Å². The van der Waals surface area contributed by atoms with Crippen molar-refractivity contribution in [1.82, 2.24) is 5.32 Å². The van der Waals surface area contributed by atoms with Crippen molar-refractivity contribution in [2.75, 3.05) is 13.1 Å². The van der Waals surface area contributed by atoms with Crippen LogP contribution in [0.1, 0.15) is 69.4 Å². The molecule has 0 saturated heterocycles. The first-order valence-electron chi connectivity index (χ1n) is 8.23. The molecule has 0 amide bonds. The summed E-state index contributed by atoms with van der Waals surface area (Å²) in [4.78, 5) is 0. The van der Waals surface area contributed by atoms with Gasteiger partial charge in [0.1, 0.15) is 0 Å². The monoisotopic (exact) mass is 274 g/mol. The van der Waals surface area contributed by atoms with E-state index < -0.39 is 0 Å². The Morgan fingerprint density at radius 1 is 1.20 bits per heavy atom. The van der Waals surface area contributed by atoms with Crippen molar-refractivity contribution in [2.24, 2.45) is 5.73 Å². The summed E-state index contributed by atoms with van der Waals surface area (Å²) in [5.74, 6) is 0.597. The normalized spacial score (nSPS) is 18.4. The Morgan fingerprint density at radius 2 is 1.95 bits per heavy atom. The van der Waals surface area contributed by atoms with Crippen LogP contribution < -0.4 is 11.1 Å². The smallest absolute Gasteiger partial charge is 0.0434 e. The molecule has 1 aromatic rings. The van der Waals surface area contributed by atoms with E-state index in [1.807, 2.05) is 0 Å². The summed E-state index contributed by atoms with van der Waals surface area (Å²) >= 11 is 0. The summed E-state index contributed by atoms with van der Waals surface area (Å²) in [5, 5.41) is 3.84. The third kappa shape index (κ3) is 3.62. The topological polar surface area (TPSA) is 38.0 Å². The van der Waals surface area contributed by atoms with Crippen LogP contribution in [0.25, 0.3) is 0 Å². The lowest BCUT2D eigenvalue weighted by Gasteiger charge is -2.39. The lowest BCUT2D eigenvalue weighted by Crippen LogP contribution is -2.44. The van der Waals surface area contributed by atoms with E-state index in [2.05, 4.69) is 43.4 Å². The molecule has 2 nitrogen and oxygen atoms in total. The van der Waals surface area contributed by atoms with Crippen molar-refractivity contribution >= 4 is 0 Å². The average molecular weight is 274 g/mol. The molecule has 1 fully saturated rings. The average Bonchev–Trinajstić information content (AvgIpc) is 2.48. The first kappa shape index (κ1) is 15.5. The summed E-state index contributed by atoms with van der Waals surface area (Å²) in [6.45, 7) is 6.35. The number of nitrogens with two attached hydrogens (primary N) is 1. The van der Waals surface area contributed by atoms with Crippen LogP contribution in [0.2, 0.25) is 0 Å². The largest absolute Gasteiger partial charge is 0.330 e. The number of hydrogen-bond acceptors (Lipinski definition) is 2. The summed E-state index contributed by atoms with van der Waals surface area (Å²) < 4.78 is 0. The Labute approximate surface area is 124 Å². The van der Waals surface area contributed by atoms with Crippen LogP contribution in [0, 0.1) is 0 Å². The molecule has 2 rings (SSSR count). The molecule has 3 N–H and O–H groups in total. The summed E-state index contributed by atoms with van der Waals surface area (Å²) in [6, 6.07) is 9.22. The van der Waals surface area contributed by atoms with Crippen molar-refractivity contribution in [2.45, 2.75) is 63.8 Å². The van der Waals surface area contributed by atoms with Crippen molar-refractivity contribution < 1.29 is 0 Å². The van der Waals surface area contributed by atoms with E-state index in [9.17, 15) is 0 Å². The van der Waals surface area contributed by atoms with Crippen molar-refractivity contribution in [3.8, 4) is 0 Å². The Hall–Kier alpha value is -0.860.